The maximum atomic E-state index is 10.9. The van der Waals surface area contributed by atoms with Crippen molar-refractivity contribution in [1.82, 2.24) is 4.90 Å². The quantitative estimate of drug-likeness (QED) is 0.844. The van der Waals surface area contributed by atoms with Crippen molar-refractivity contribution in [3.8, 4) is 28.4 Å². The third-order valence-electron chi connectivity index (χ3n) is 5.27. The van der Waals surface area contributed by atoms with Gasteiger partial charge in [0.15, 0.2) is 11.5 Å². The lowest BCUT2D eigenvalue weighted by atomic mass is 9.76. The van der Waals surface area contributed by atoms with Gasteiger partial charge in [-0.05, 0) is 76.3 Å². The lowest BCUT2D eigenvalue weighted by Crippen LogP contribution is -2.35. The maximum Gasteiger partial charge on any atom is 0.166 e. The zero-order valence-electron chi connectivity index (χ0n) is 14.0. The van der Waals surface area contributed by atoms with Crippen LogP contribution in [0.4, 0.5) is 0 Å². The number of nitrogens with zero attached hydrogens (tertiary/aromatic N) is 1. The average molecular weight is 390 g/mol. The van der Waals surface area contributed by atoms with Gasteiger partial charge >= 0.3 is 0 Å². The summed E-state index contributed by atoms with van der Waals surface area (Å²) in [6.45, 7) is 1.01. The summed E-state index contributed by atoms with van der Waals surface area (Å²) in [4.78, 5) is 2.37. The van der Waals surface area contributed by atoms with Crippen LogP contribution in [0.5, 0.6) is 17.2 Å². The lowest BCUT2D eigenvalue weighted by Gasteiger charge is -2.40. The van der Waals surface area contributed by atoms with E-state index in [1.54, 1.807) is 14.2 Å². The maximum absolute atomic E-state index is 10.9. The average Bonchev–Trinajstić information content (AvgIpc) is 2.58. The third kappa shape index (κ3) is 2.15. The van der Waals surface area contributed by atoms with Crippen LogP contribution in [0.15, 0.2) is 22.7 Å². The van der Waals surface area contributed by atoms with Crippen molar-refractivity contribution in [2.45, 2.75) is 18.9 Å². The molecule has 1 aliphatic heterocycles. The molecule has 0 fully saturated rings. The van der Waals surface area contributed by atoms with E-state index in [0.717, 1.165) is 40.7 Å². The highest BCUT2D eigenvalue weighted by Crippen LogP contribution is 2.53. The number of phenols is 1. The second-order valence-electron chi connectivity index (χ2n) is 6.47. The topological polar surface area (TPSA) is 41.9 Å². The van der Waals surface area contributed by atoms with Gasteiger partial charge in [-0.1, -0.05) is 0 Å². The van der Waals surface area contributed by atoms with Gasteiger partial charge in [0.05, 0.1) is 18.7 Å². The summed E-state index contributed by atoms with van der Waals surface area (Å²) in [5, 5.41) is 10.9. The molecule has 1 atom stereocenters. The minimum absolute atomic E-state index is 0.224. The predicted octanol–water partition coefficient (Wildman–Crippen LogP) is 3.92. The summed E-state index contributed by atoms with van der Waals surface area (Å²) in [7, 11) is 5.42. The number of methoxy groups -OCH3 is 2. The largest absolute Gasteiger partial charge is 0.504 e. The molecule has 0 saturated heterocycles. The zero-order valence-corrected chi connectivity index (χ0v) is 15.6. The Labute approximate surface area is 150 Å². The normalized spacial score (nSPS) is 18.8. The van der Waals surface area contributed by atoms with Crippen molar-refractivity contribution in [2.75, 3.05) is 27.8 Å². The van der Waals surface area contributed by atoms with Gasteiger partial charge < -0.3 is 14.6 Å². The molecule has 2 aromatic carbocycles. The van der Waals surface area contributed by atoms with Gasteiger partial charge in [0.25, 0.3) is 0 Å². The number of halogens is 1. The number of aromatic hydroxyl groups is 1. The number of likely N-dealkylation sites (N-methyl/N-ethyl adjacent to an activating group) is 1. The Hall–Kier alpha value is -1.72. The van der Waals surface area contributed by atoms with Crippen molar-refractivity contribution in [2.24, 2.45) is 0 Å². The van der Waals surface area contributed by atoms with Crippen LogP contribution >= 0.6 is 15.9 Å². The SMILES string of the molecule is COc1cc2c(cc1Br)CC1c3c(cc(OC)c(O)c3-2)CCN1C. The molecule has 1 heterocycles. The highest BCUT2D eigenvalue weighted by atomic mass is 79.9. The summed E-state index contributed by atoms with van der Waals surface area (Å²) < 4.78 is 11.8. The molecular formula is C19H20BrNO3. The standard InChI is InChI=1S/C19H20BrNO3/c1-21-5-4-10-8-16(24-3)19(22)18-12-9-15(23-2)13(20)6-11(12)7-14(21)17(10)18/h6,8-9,14,22H,4-5,7H2,1-3H3. The van der Waals surface area contributed by atoms with E-state index in [1.165, 1.54) is 16.7 Å². The molecule has 5 heteroatoms. The Bertz CT molecular complexity index is 834. The van der Waals surface area contributed by atoms with Gasteiger partial charge in [0.2, 0.25) is 0 Å². The van der Waals surface area contributed by atoms with E-state index in [2.05, 4.69) is 33.9 Å². The first-order chi connectivity index (χ1) is 11.5. The molecule has 24 heavy (non-hydrogen) atoms. The Morgan fingerprint density at radius 1 is 1.12 bits per heavy atom. The number of phenolic OH excluding ortho intramolecular Hbond substituents is 1. The molecule has 2 aliphatic rings. The Morgan fingerprint density at radius 3 is 2.58 bits per heavy atom. The minimum atomic E-state index is 0.224. The Morgan fingerprint density at radius 2 is 1.88 bits per heavy atom. The van der Waals surface area contributed by atoms with E-state index >= 15 is 0 Å². The highest BCUT2D eigenvalue weighted by Gasteiger charge is 2.36. The molecule has 0 amide bonds. The molecule has 1 aliphatic carbocycles. The molecule has 126 valence electrons. The number of fused-ring (bicyclic) bond motifs is 2. The molecule has 0 spiro atoms. The number of rotatable bonds is 2. The van der Waals surface area contributed by atoms with Gasteiger partial charge in [-0.2, -0.15) is 0 Å². The number of hydrogen-bond acceptors (Lipinski definition) is 4. The fourth-order valence-corrected chi connectivity index (χ4v) is 4.58. The second kappa shape index (κ2) is 5.67. The van der Waals surface area contributed by atoms with Crippen LogP contribution in [-0.4, -0.2) is 37.8 Å². The van der Waals surface area contributed by atoms with E-state index in [1.807, 2.05) is 12.1 Å². The monoisotopic (exact) mass is 389 g/mol. The van der Waals surface area contributed by atoms with Crippen molar-refractivity contribution in [1.29, 1.82) is 0 Å². The molecule has 1 unspecified atom stereocenters. The highest BCUT2D eigenvalue weighted by molar-refractivity contribution is 9.10. The first-order valence-corrected chi connectivity index (χ1v) is 8.84. The van der Waals surface area contributed by atoms with Gasteiger partial charge in [-0.25, -0.2) is 0 Å². The van der Waals surface area contributed by atoms with Crippen LogP contribution in [0.1, 0.15) is 22.7 Å². The van der Waals surface area contributed by atoms with E-state index in [9.17, 15) is 5.11 Å². The zero-order chi connectivity index (χ0) is 17.0. The summed E-state index contributed by atoms with van der Waals surface area (Å²) in [5.41, 5.74) is 5.65. The minimum Gasteiger partial charge on any atom is -0.504 e. The first kappa shape index (κ1) is 15.8. The van der Waals surface area contributed by atoms with E-state index < -0.39 is 0 Å². The van der Waals surface area contributed by atoms with Crippen LogP contribution in [0.2, 0.25) is 0 Å². The van der Waals surface area contributed by atoms with Crippen molar-refractivity contribution >= 4 is 15.9 Å². The number of ether oxygens (including phenoxy) is 2. The Kier molecular flexibility index (Phi) is 3.73. The van der Waals surface area contributed by atoms with Gasteiger partial charge in [-0.3, -0.25) is 4.90 Å². The molecule has 0 aromatic heterocycles. The summed E-state index contributed by atoms with van der Waals surface area (Å²) in [6.07, 6.45) is 1.90. The van der Waals surface area contributed by atoms with Crippen molar-refractivity contribution < 1.29 is 14.6 Å². The van der Waals surface area contributed by atoms with Crippen LogP contribution in [0.3, 0.4) is 0 Å². The smallest absolute Gasteiger partial charge is 0.166 e. The van der Waals surface area contributed by atoms with E-state index in [-0.39, 0.29) is 11.8 Å². The second-order valence-corrected chi connectivity index (χ2v) is 7.32. The van der Waals surface area contributed by atoms with Crippen LogP contribution in [-0.2, 0) is 12.8 Å². The van der Waals surface area contributed by atoms with Gasteiger partial charge in [0, 0.05) is 18.2 Å². The van der Waals surface area contributed by atoms with Gasteiger partial charge in [-0.15, -0.1) is 0 Å². The van der Waals surface area contributed by atoms with Crippen LogP contribution < -0.4 is 9.47 Å². The van der Waals surface area contributed by atoms with E-state index in [4.69, 9.17) is 9.47 Å². The molecule has 4 nitrogen and oxygen atoms in total. The van der Waals surface area contributed by atoms with Crippen LogP contribution in [0.25, 0.3) is 11.1 Å². The van der Waals surface area contributed by atoms with E-state index in [0.29, 0.717) is 5.75 Å². The van der Waals surface area contributed by atoms with Gasteiger partial charge in [0.1, 0.15) is 5.75 Å². The molecule has 1 N–H and O–H groups in total. The predicted molar refractivity (Wildman–Crippen MR) is 97.1 cm³/mol. The summed E-state index contributed by atoms with van der Waals surface area (Å²) in [5.74, 6) is 1.54. The summed E-state index contributed by atoms with van der Waals surface area (Å²) in [6, 6.07) is 6.40. The number of hydrogen-bond donors (Lipinski definition) is 1. The lowest BCUT2D eigenvalue weighted by molar-refractivity contribution is 0.226. The van der Waals surface area contributed by atoms with Crippen molar-refractivity contribution in [3.63, 3.8) is 0 Å². The molecule has 2 aromatic rings. The Balaban J connectivity index is 2.06. The molecule has 0 radical (unpaired) electrons. The summed E-state index contributed by atoms with van der Waals surface area (Å²) >= 11 is 3.58. The van der Waals surface area contributed by atoms with Crippen LogP contribution in [0, 0.1) is 0 Å². The molecule has 0 saturated carbocycles. The molecule has 4 rings (SSSR count). The fraction of sp³-hybridized carbons (Fsp3) is 0.368. The number of benzene rings is 2. The van der Waals surface area contributed by atoms with Crippen molar-refractivity contribution in [3.05, 3.63) is 39.4 Å². The fourth-order valence-electron chi connectivity index (χ4n) is 4.02. The molecular weight excluding hydrogens is 370 g/mol. The third-order valence-corrected chi connectivity index (χ3v) is 5.89. The first-order valence-electron chi connectivity index (χ1n) is 8.05. The molecule has 0 bridgehead atoms.